The summed E-state index contributed by atoms with van der Waals surface area (Å²) in [5, 5.41) is 1.14. The molecule has 3 aromatic carbocycles. The average molecular weight is 390 g/mol. The molecule has 0 bridgehead atoms. The third-order valence-corrected chi connectivity index (χ3v) is 5.68. The fourth-order valence-electron chi connectivity index (χ4n) is 3.13. The molecule has 0 fully saturated rings. The van der Waals surface area contributed by atoms with Gasteiger partial charge in [0, 0.05) is 5.75 Å². The molecule has 0 radical (unpaired) electrons. The SMILES string of the molecule is Cc1ccc(C)c(CSc2nc3ccccc3c(=O)n2-c2ccc(F)cc2)c1. The van der Waals surface area contributed by atoms with Crippen LogP contribution in [0, 0.1) is 19.7 Å². The molecule has 4 aromatic rings. The van der Waals surface area contributed by atoms with Crippen LogP contribution in [-0.2, 0) is 5.75 Å². The summed E-state index contributed by atoms with van der Waals surface area (Å²) in [6.45, 7) is 4.15. The summed E-state index contributed by atoms with van der Waals surface area (Å²) in [5.74, 6) is 0.356. The van der Waals surface area contributed by atoms with Crippen molar-refractivity contribution in [3.05, 3.63) is 99.6 Å². The van der Waals surface area contributed by atoms with Crippen LogP contribution in [0.3, 0.4) is 0 Å². The van der Waals surface area contributed by atoms with Gasteiger partial charge in [-0.2, -0.15) is 0 Å². The van der Waals surface area contributed by atoms with Crippen LogP contribution in [-0.4, -0.2) is 9.55 Å². The van der Waals surface area contributed by atoms with Crippen molar-refractivity contribution < 1.29 is 4.39 Å². The van der Waals surface area contributed by atoms with Crippen LogP contribution < -0.4 is 5.56 Å². The largest absolute Gasteiger partial charge is 0.268 e. The Morgan fingerprint density at radius 3 is 2.54 bits per heavy atom. The minimum absolute atomic E-state index is 0.152. The van der Waals surface area contributed by atoms with E-state index in [1.807, 2.05) is 18.2 Å². The minimum atomic E-state index is -0.338. The molecule has 0 amide bonds. The highest BCUT2D eigenvalue weighted by Crippen LogP contribution is 2.26. The highest BCUT2D eigenvalue weighted by molar-refractivity contribution is 7.98. The molecule has 1 aromatic heterocycles. The van der Waals surface area contributed by atoms with Crippen LogP contribution in [0.15, 0.2) is 76.7 Å². The van der Waals surface area contributed by atoms with Gasteiger partial charge in [-0.3, -0.25) is 9.36 Å². The standard InChI is InChI=1S/C23H19FN2OS/c1-15-7-8-16(2)17(13-15)14-28-23-25-21-6-4-3-5-20(21)22(27)26(23)19-11-9-18(24)10-12-19/h3-13H,14H2,1-2H3. The van der Waals surface area contributed by atoms with Crippen molar-refractivity contribution in [1.29, 1.82) is 0 Å². The van der Waals surface area contributed by atoms with E-state index in [-0.39, 0.29) is 11.4 Å². The Hall–Kier alpha value is -2.92. The number of hydrogen-bond acceptors (Lipinski definition) is 3. The fourth-order valence-corrected chi connectivity index (χ4v) is 4.20. The van der Waals surface area contributed by atoms with Gasteiger partial charge >= 0.3 is 0 Å². The number of thioether (sulfide) groups is 1. The molecule has 0 aliphatic carbocycles. The third-order valence-electron chi connectivity index (χ3n) is 4.69. The predicted molar refractivity (Wildman–Crippen MR) is 113 cm³/mol. The molecule has 28 heavy (non-hydrogen) atoms. The Bertz CT molecular complexity index is 1220. The predicted octanol–water partition coefficient (Wildman–Crippen LogP) is 5.43. The number of hydrogen-bond donors (Lipinski definition) is 0. The first-order valence-corrected chi connectivity index (χ1v) is 9.98. The molecule has 140 valence electrons. The second-order valence-corrected chi connectivity index (χ2v) is 7.69. The minimum Gasteiger partial charge on any atom is -0.268 e. The molecule has 5 heteroatoms. The van der Waals surface area contributed by atoms with Crippen LogP contribution in [0.1, 0.15) is 16.7 Å². The lowest BCUT2D eigenvalue weighted by atomic mass is 10.1. The summed E-state index contributed by atoms with van der Waals surface area (Å²) < 4.78 is 15.0. The number of fused-ring (bicyclic) bond motifs is 1. The number of benzene rings is 3. The molecule has 0 N–H and O–H groups in total. The molecule has 0 spiro atoms. The molecule has 4 rings (SSSR count). The summed E-state index contributed by atoms with van der Waals surface area (Å²) >= 11 is 1.51. The second-order valence-electron chi connectivity index (χ2n) is 6.75. The fraction of sp³-hybridized carbons (Fsp3) is 0.130. The number of aromatic nitrogens is 2. The van der Waals surface area contributed by atoms with Crippen molar-refractivity contribution in [2.24, 2.45) is 0 Å². The summed E-state index contributed by atoms with van der Waals surface area (Å²) in [4.78, 5) is 17.9. The Morgan fingerprint density at radius 1 is 1.00 bits per heavy atom. The molecule has 0 aliphatic rings. The van der Waals surface area contributed by atoms with Crippen LogP contribution >= 0.6 is 11.8 Å². The Balaban J connectivity index is 1.84. The van der Waals surface area contributed by atoms with E-state index in [1.165, 1.54) is 40.6 Å². The van der Waals surface area contributed by atoms with E-state index < -0.39 is 0 Å². The highest BCUT2D eigenvalue weighted by Gasteiger charge is 2.14. The second kappa shape index (κ2) is 7.60. The van der Waals surface area contributed by atoms with Gasteiger partial charge < -0.3 is 0 Å². The van der Waals surface area contributed by atoms with Crippen LogP contribution in [0.5, 0.6) is 0 Å². The molecule has 0 saturated heterocycles. The first kappa shape index (κ1) is 18.4. The third kappa shape index (κ3) is 3.58. The number of nitrogens with zero attached hydrogens (tertiary/aromatic N) is 2. The summed E-state index contributed by atoms with van der Waals surface area (Å²) in [5.41, 5.74) is 4.72. The molecule has 1 heterocycles. The zero-order valence-electron chi connectivity index (χ0n) is 15.6. The van der Waals surface area contributed by atoms with Gasteiger partial charge in [-0.15, -0.1) is 0 Å². The van der Waals surface area contributed by atoms with Crippen molar-refractivity contribution in [3.8, 4) is 5.69 Å². The lowest BCUT2D eigenvalue weighted by molar-refractivity contribution is 0.627. The number of halogens is 1. The lowest BCUT2D eigenvalue weighted by Gasteiger charge is -2.14. The maximum atomic E-state index is 13.4. The molecule has 3 nitrogen and oxygen atoms in total. The van der Waals surface area contributed by atoms with Crippen LogP contribution in [0.25, 0.3) is 16.6 Å². The first-order valence-electron chi connectivity index (χ1n) is 8.99. The van der Waals surface area contributed by atoms with Gasteiger partial charge in [0.2, 0.25) is 0 Å². The van der Waals surface area contributed by atoms with E-state index in [0.29, 0.717) is 27.5 Å². The molecule has 0 saturated carbocycles. The maximum absolute atomic E-state index is 13.4. The lowest BCUT2D eigenvalue weighted by Crippen LogP contribution is -2.21. The average Bonchev–Trinajstić information content (AvgIpc) is 2.70. The Kier molecular flexibility index (Phi) is 5.01. The number of para-hydroxylation sites is 1. The molecule has 0 unspecified atom stereocenters. The molecule has 0 atom stereocenters. The van der Waals surface area contributed by atoms with E-state index >= 15 is 0 Å². The first-order chi connectivity index (χ1) is 13.5. The van der Waals surface area contributed by atoms with Crippen molar-refractivity contribution in [2.45, 2.75) is 24.8 Å². The van der Waals surface area contributed by atoms with Crippen molar-refractivity contribution >= 4 is 22.7 Å². The van der Waals surface area contributed by atoms with Gasteiger partial charge in [-0.05, 0) is 61.4 Å². The Morgan fingerprint density at radius 2 is 1.75 bits per heavy atom. The van der Waals surface area contributed by atoms with E-state index in [1.54, 1.807) is 22.8 Å². The number of rotatable bonds is 4. The van der Waals surface area contributed by atoms with Crippen molar-refractivity contribution in [1.82, 2.24) is 9.55 Å². The molecule has 0 aliphatic heterocycles. The van der Waals surface area contributed by atoms with Gasteiger partial charge in [0.25, 0.3) is 5.56 Å². The van der Waals surface area contributed by atoms with Crippen LogP contribution in [0.4, 0.5) is 4.39 Å². The summed E-state index contributed by atoms with van der Waals surface area (Å²) in [6.07, 6.45) is 0. The van der Waals surface area contributed by atoms with Gasteiger partial charge in [0.15, 0.2) is 5.16 Å². The number of aryl methyl sites for hydroxylation is 2. The maximum Gasteiger partial charge on any atom is 0.266 e. The monoisotopic (exact) mass is 390 g/mol. The zero-order chi connectivity index (χ0) is 19.7. The van der Waals surface area contributed by atoms with Gasteiger partial charge in [0.1, 0.15) is 5.82 Å². The molecular weight excluding hydrogens is 371 g/mol. The highest BCUT2D eigenvalue weighted by atomic mass is 32.2. The van der Waals surface area contributed by atoms with Crippen molar-refractivity contribution in [2.75, 3.05) is 0 Å². The van der Waals surface area contributed by atoms with Gasteiger partial charge in [-0.25, -0.2) is 9.37 Å². The summed E-state index contributed by atoms with van der Waals surface area (Å²) in [7, 11) is 0. The molecular formula is C23H19FN2OS. The zero-order valence-corrected chi connectivity index (χ0v) is 16.5. The topological polar surface area (TPSA) is 34.9 Å². The van der Waals surface area contributed by atoms with E-state index in [0.717, 1.165) is 0 Å². The Labute approximate surface area is 166 Å². The van der Waals surface area contributed by atoms with Crippen LogP contribution in [0.2, 0.25) is 0 Å². The normalized spacial score (nSPS) is 11.1. The quantitative estimate of drug-likeness (QED) is 0.344. The van der Waals surface area contributed by atoms with Gasteiger partial charge in [-0.1, -0.05) is 47.7 Å². The smallest absolute Gasteiger partial charge is 0.266 e. The van der Waals surface area contributed by atoms with Gasteiger partial charge in [0.05, 0.1) is 16.6 Å². The van der Waals surface area contributed by atoms with Crippen molar-refractivity contribution in [3.63, 3.8) is 0 Å². The van der Waals surface area contributed by atoms with E-state index in [9.17, 15) is 9.18 Å². The summed E-state index contributed by atoms with van der Waals surface area (Å²) in [6, 6.07) is 19.6. The van der Waals surface area contributed by atoms with E-state index in [4.69, 9.17) is 4.98 Å². The van der Waals surface area contributed by atoms with E-state index in [2.05, 4.69) is 32.0 Å².